The first-order valence-corrected chi connectivity index (χ1v) is 6.95. The number of carbonyl (C=O) groups excluding carboxylic acids is 1. The monoisotopic (exact) mass is 272 g/mol. The van der Waals surface area contributed by atoms with Crippen molar-refractivity contribution < 1.29 is 9.53 Å². The molecule has 1 aromatic heterocycles. The third kappa shape index (κ3) is 4.23. The van der Waals surface area contributed by atoms with Gasteiger partial charge in [0.2, 0.25) is 0 Å². The second-order valence-corrected chi connectivity index (χ2v) is 4.72. The van der Waals surface area contributed by atoms with Gasteiger partial charge < -0.3 is 10.1 Å². The lowest BCUT2D eigenvalue weighted by Gasteiger charge is -2.07. The number of hydrogen-bond acceptors (Lipinski definition) is 4. The van der Waals surface area contributed by atoms with Gasteiger partial charge in [-0.05, 0) is 37.1 Å². The maximum absolute atomic E-state index is 10.9. The standard InChI is InChI=1S/C16H20N2O2/c1-20-16(19)7-3-2-4-10-17-14-8-9-15-13(12-14)6-5-11-18-15/h5-6,8-9,11-12,17H,2-4,7,10H2,1H3. The number of aromatic nitrogens is 1. The Labute approximate surface area is 119 Å². The number of benzene rings is 1. The molecule has 4 heteroatoms. The molecule has 106 valence electrons. The number of pyridine rings is 1. The molecule has 0 aliphatic carbocycles. The summed E-state index contributed by atoms with van der Waals surface area (Å²) in [5.41, 5.74) is 2.12. The van der Waals surface area contributed by atoms with Crippen molar-refractivity contribution in [1.29, 1.82) is 0 Å². The van der Waals surface area contributed by atoms with Gasteiger partial charge in [-0.1, -0.05) is 12.5 Å². The molecule has 0 fully saturated rings. The molecule has 1 aromatic carbocycles. The number of carbonyl (C=O) groups is 1. The number of ether oxygens (including phenoxy) is 1. The van der Waals surface area contributed by atoms with Crippen LogP contribution in [0.15, 0.2) is 36.5 Å². The van der Waals surface area contributed by atoms with Crippen molar-refractivity contribution in [2.45, 2.75) is 25.7 Å². The molecule has 20 heavy (non-hydrogen) atoms. The van der Waals surface area contributed by atoms with E-state index in [1.165, 1.54) is 7.11 Å². The summed E-state index contributed by atoms with van der Waals surface area (Å²) >= 11 is 0. The van der Waals surface area contributed by atoms with E-state index in [1.54, 1.807) is 6.20 Å². The summed E-state index contributed by atoms with van der Waals surface area (Å²) in [4.78, 5) is 15.2. The minimum absolute atomic E-state index is 0.125. The third-order valence-corrected chi connectivity index (χ3v) is 3.22. The Morgan fingerprint density at radius 2 is 2.15 bits per heavy atom. The molecule has 0 aliphatic rings. The number of nitrogens with zero attached hydrogens (tertiary/aromatic N) is 1. The van der Waals surface area contributed by atoms with Crippen LogP contribution in [0.1, 0.15) is 25.7 Å². The van der Waals surface area contributed by atoms with Crippen molar-refractivity contribution in [3.05, 3.63) is 36.5 Å². The quantitative estimate of drug-likeness (QED) is 0.620. The highest BCUT2D eigenvalue weighted by molar-refractivity contribution is 5.82. The molecule has 1 heterocycles. The molecule has 0 aliphatic heterocycles. The Morgan fingerprint density at radius 1 is 1.25 bits per heavy atom. The van der Waals surface area contributed by atoms with E-state index in [2.05, 4.69) is 27.2 Å². The van der Waals surface area contributed by atoms with E-state index < -0.39 is 0 Å². The second-order valence-electron chi connectivity index (χ2n) is 4.72. The van der Waals surface area contributed by atoms with Gasteiger partial charge in [0, 0.05) is 30.2 Å². The number of unbranched alkanes of at least 4 members (excludes halogenated alkanes) is 2. The topological polar surface area (TPSA) is 51.2 Å². The Morgan fingerprint density at radius 3 is 3.00 bits per heavy atom. The number of esters is 1. The summed E-state index contributed by atoms with van der Waals surface area (Å²) in [7, 11) is 1.43. The predicted octanol–water partition coefficient (Wildman–Crippen LogP) is 3.38. The zero-order valence-corrected chi connectivity index (χ0v) is 11.8. The molecule has 2 aromatic rings. The van der Waals surface area contributed by atoms with Crippen molar-refractivity contribution >= 4 is 22.6 Å². The number of anilines is 1. The average Bonchev–Trinajstić information content (AvgIpc) is 2.50. The molecule has 0 saturated heterocycles. The molecule has 0 amide bonds. The largest absolute Gasteiger partial charge is 0.469 e. The average molecular weight is 272 g/mol. The fourth-order valence-corrected chi connectivity index (χ4v) is 2.09. The Kier molecular flexibility index (Phi) is 5.35. The molecule has 0 bridgehead atoms. The third-order valence-electron chi connectivity index (χ3n) is 3.22. The van der Waals surface area contributed by atoms with Crippen LogP contribution in [0.25, 0.3) is 10.9 Å². The van der Waals surface area contributed by atoms with Crippen molar-refractivity contribution in [1.82, 2.24) is 4.98 Å². The first-order valence-electron chi connectivity index (χ1n) is 6.95. The van der Waals surface area contributed by atoms with Gasteiger partial charge in [-0.25, -0.2) is 0 Å². The highest BCUT2D eigenvalue weighted by Crippen LogP contribution is 2.17. The van der Waals surface area contributed by atoms with Gasteiger partial charge in [-0.2, -0.15) is 0 Å². The van der Waals surface area contributed by atoms with Crippen LogP contribution in [0.5, 0.6) is 0 Å². The number of rotatable bonds is 7. The smallest absolute Gasteiger partial charge is 0.305 e. The van der Waals surface area contributed by atoms with Crippen LogP contribution in [0, 0.1) is 0 Å². The molecular formula is C16H20N2O2. The molecule has 0 radical (unpaired) electrons. The summed E-state index contributed by atoms with van der Waals surface area (Å²) in [6.45, 7) is 0.910. The van der Waals surface area contributed by atoms with Gasteiger partial charge in [0.15, 0.2) is 0 Å². The normalized spacial score (nSPS) is 10.4. The lowest BCUT2D eigenvalue weighted by molar-refractivity contribution is -0.140. The van der Waals surface area contributed by atoms with Gasteiger partial charge in [-0.15, -0.1) is 0 Å². The first-order chi connectivity index (χ1) is 9.79. The van der Waals surface area contributed by atoms with Crippen LogP contribution in [0.2, 0.25) is 0 Å². The number of methoxy groups -OCH3 is 1. The summed E-state index contributed by atoms with van der Waals surface area (Å²) in [5, 5.41) is 4.54. The summed E-state index contributed by atoms with van der Waals surface area (Å²) in [6, 6.07) is 10.2. The predicted molar refractivity (Wildman–Crippen MR) is 80.7 cm³/mol. The van der Waals surface area contributed by atoms with E-state index in [0.717, 1.165) is 42.4 Å². The van der Waals surface area contributed by atoms with Crippen LogP contribution in [0.3, 0.4) is 0 Å². The Balaban J connectivity index is 1.72. The van der Waals surface area contributed by atoms with Crippen LogP contribution in [-0.4, -0.2) is 24.6 Å². The lowest BCUT2D eigenvalue weighted by Crippen LogP contribution is -2.03. The summed E-state index contributed by atoms with van der Waals surface area (Å²) in [5.74, 6) is -0.125. The summed E-state index contributed by atoms with van der Waals surface area (Å²) in [6.07, 6.45) is 5.27. The molecule has 1 N–H and O–H groups in total. The number of fused-ring (bicyclic) bond motifs is 1. The lowest BCUT2D eigenvalue weighted by atomic mass is 10.2. The fraction of sp³-hybridized carbons (Fsp3) is 0.375. The van der Waals surface area contributed by atoms with Crippen LogP contribution < -0.4 is 5.32 Å². The Bertz CT molecular complexity index is 569. The van der Waals surface area contributed by atoms with Gasteiger partial charge in [-0.3, -0.25) is 9.78 Å². The molecule has 0 spiro atoms. The minimum atomic E-state index is -0.125. The minimum Gasteiger partial charge on any atom is -0.469 e. The van der Waals surface area contributed by atoms with E-state index in [9.17, 15) is 4.79 Å². The number of nitrogens with one attached hydrogen (secondary N) is 1. The van der Waals surface area contributed by atoms with Gasteiger partial charge in [0.1, 0.15) is 0 Å². The molecule has 4 nitrogen and oxygen atoms in total. The van der Waals surface area contributed by atoms with E-state index in [4.69, 9.17) is 0 Å². The van der Waals surface area contributed by atoms with Gasteiger partial charge >= 0.3 is 5.97 Å². The van der Waals surface area contributed by atoms with Crippen LogP contribution in [-0.2, 0) is 9.53 Å². The van der Waals surface area contributed by atoms with E-state index in [1.807, 2.05) is 18.2 Å². The molecule has 0 unspecified atom stereocenters. The van der Waals surface area contributed by atoms with E-state index in [0.29, 0.717) is 6.42 Å². The first kappa shape index (κ1) is 14.3. The number of hydrogen-bond donors (Lipinski definition) is 1. The highest BCUT2D eigenvalue weighted by Gasteiger charge is 1.99. The maximum atomic E-state index is 10.9. The summed E-state index contributed by atoms with van der Waals surface area (Å²) < 4.78 is 4.61. The van der Waals surface area contributed by atoms with Gasteiger partial charge in [0.25, 0.3) is 0 Å². The highest BCUT2D eigenvalue weighted by atomic mass is 16.5. The molecular weight excluding hydrogens is 252 g/mol. The molecule has 0 saturated carbocycles. The van der Waals surface area contributed by atoms with Crippen molar-refractivity contribution in [2.75, 3.05) is 19.0 Å². The van der Waals surface area contributed by atoms with Crippen LogP contribution in [0.4, 0.5) is 5.69 Å². The molecule has 2 rings (SSSR count). The van der Waals surface area contributed by atoms with Crippen molar-refractivity contribution in [2.24, 2.45) is 0 Å². The van der Waals surface area contributed by atoms with Crippen molar-refractivity contribution in [3.8, 4) is 0 Å². The van der Waals surface area contributed by atoms with Crippen LogP contribution >= 0.6 is 0 Å². The SMILES string of the molecule is COC(=O)CCCCCNc1ccc2ncccc2c1. The van der Waals surface area contributed by atoms with E-state index in [-0.39, 0.29) is 5.97 Å². The fourth-order valence-electron chi connectivity index (χ4n) is 2.09. The molecule has 0 atom stereocenters. The van der Waals surface area contributed by atoms with Crippen molar-refractivity contribution in [3.63, 3.8) is 0 Å². The Hall–Kier alpha value is -2.10. The zero-order chi connectivity index (χ0) is 14.2. The van der Waals surface area contributed by atoms with E-state index >= 15 is 0 Å². The second kappa shape index (κ2) is 7.48. The zero-order valence-electron chi connectivity index (χ0n) is 11.8. The maximum Gasteiger partial charge on any atom is 0.305 e. The van der Waals surface area contributed by atoms with Gasteiger partial charge in [0.05, 0.1) is 12.6 Å².